The highest BCUT2D eigenvalue weighted by molar-refractivity contribution is 6.05. The van der Waals surface area contributed by atoms with Crippen LogP contribution in [0.2, 0.25) is 0 Å². The van der Waals surface area contributed by atoms with Crippen molar-refractivity contribution in [3.8, 4) is 0 Å². The van der Waals surface area contributed by atoms with Gasteiger partial charge in [-0.2, -0.15) is 10.2 Å². The van der Waals surface area contributed by atoms with Crippen LogP contribution in [0, 0.1) is 17.3 Å². The molecule has 4 aliphatic rings. The third-order valence-corrected chi connectivity index (χ3v) is 9.76. The summed E-state index contributed by atoms with van der Waals surface area (Å²) in [6.07, 6.45) is 9.08. The maximum atomic E-state index is 13.5. The summed E-state index contributed by atoms with van der Waals surface area (Å²) in [5, 5.41) is 15.6. The molecule has 1 amide bonds. The number of hydrogen-bond donors (Lipinski definition) is 1. The lowest BCUT2D eigenvalue weighted by Crippen LogP contribution is -2.56. The average Bonchev–Trinajstić information content (AvgIpc) is 3.82. The minimum Gasteiger partial charge on any atom is -0.348 e. The summed E-state index contributed by atoms with van der Waals surface area (Å²) in [6, 6.07) is 16.4. The molecule has 4 fully saturated rings. The number of carbonyl (C=O) groups is 1. The summed E-state index contributed by atoms with van der Waals surface area (Å²) in [5.41, 5.74) is 2.97. The van der Waals surface area contributed by atoms with Crippen molar-refractivity contribution in [3.63, 3.8) is 0 Å². The first-order valence-electron chi connectivity index (χ1n) is 14.2. The number of fused-ring (bicyclic) bond motifs is 2. The Morgan fingerprint density at radius 2 is 1.53 bits per heavy atom. The summed E-state index contributed by atoms with van der Waals surface area (Å²) in [7, 11) is 1.88. The molecule has 2 aromatic heterocycles. The van der Waals surface area contributed by atoms with E-state index in [1.54, 1.807) is 4.68 Å². The number of hydrogen-bond acceptors (Lipinski definition) is 4. The van der Waals surface area contributed by atoms with Crippen LogP contribution < -0.4 is 10.9 Å². The van der Waals surface area contributed by atoms with Crippen molar-refractivity contribution in [1.29, 1.82) is 0 Å². The van der Waals surface area contributed by atoms with Crippen molar-refractivity contribution in [2.75, 3.05) is 0 Å². The second kappa shape index (κ2) is 8.01. The molecule has 4 aliphatic carbocycles. The van der Waals surface area contributed by atoms with Gasteiger partial charge >= 0.3 is 0 Å². The number of para-hydroxylation sites is 1. The molecule has 2 aromatic carbocycles. The summed E-state index contributed by atoms with van der Waals surface area (Å²) >= 11 is 0. The van der Waals surface area contributed by atoms with Gasteiger partial charge in [0, 0.05) is 29.8 Å². The van der Waals surface area contributed by atoms with E-state index in [2.05, 4.69) is 16.5 Å². The number of nitrogens with one attached hydrogen (secondary N) is 1. The number of rotatable bonds is 6. The van der Waals surface area contributed by atoms with Gasteiger partial charge in [-0.1, -0.05) is 36.4 Å². The standard InChI is InChI=1S/C31H33N5O2/c1-35-25-9-5-4-8-24(25)27(33-35)29(37)32-21-16-31(17-21)14-20(15-31)26-22-6-2-3-7-23(22)30(38)36(34-26)28(18-10-11-18)19-12-13-19/h2-9,18-21,28H,10-17H2,1H3,(H,32,37)/t20-,21-,31?. The molecule has 1 spiro atoms. The largest absolute Gasteiger partial charge is 0.348 e. The summed E-state index contributed by atoms with van der Waals surface area (Å²) in [4.78, 5) is 26.6. The number of aryl methyl sites for hydroxylation is 1. The molecule has 4 aromatic rings. The zero-order valence-corrected chi connectivity index (χ0v) is 21.8. The van der Waals surface area contributed by atoms with Crippen LogP contribution in [0.1, 0.15) is 79.5 Å². The minimum atomic E-state index is -0.0801. The first-order valence-corrected chi connectivity index (χ1v) is 14.2. The minimum absolute atomic E-state index is 0.0801. The first-order chi connectivity index (χ1) is 18.5. The van der Waals surface area contributed by atoms with Gasteiger partial charge in [-0.3, -0.25) is 14.3 Å². The number of amides is 1. The van der Waals surface area contributed by atoms with E-state index in [4.69, 9.17) is 5.10 Å². The van der Waals surface area contributed by atoms with Gasteiger partial charge in [0.1, 0.15) is 0 Å². The number of nitrogens with zero attached hydrogens (tertiary/aromatic N) is 4. The fourth-order valence-corrected chi connectivity index (χ4v) is 7.63. The molecule has 194 valence electrons. The molecule has 0 saturated heterocycles. The second-order valence-corrected chi connectivity index (χ2v) is 12.5. The van der Waals surface area contributed by atoms with Gasteiger partial charge in [0.15, 0.2) is 5.69 Å². The quantitative estimate of drug-likeness (QED) is 0.394. The lowest BCUT2D eigenvalue weighted by Gasteiger charge is -2.57. The Kier molecular flexibility index (Phi) is 4.74. The number of carbonyl (C=O) groups excluding carboxylic acids is 1. The van der Waals surface area contributed by atoms with Gasteiger partial charge in [0.25, 0.3) is 11.5 Å². The van der Waals surface area contributed by atoms with Gasteiger partial charge in [-0.05, 0) is 80.8 Å². The SMILES string of the molecule is Cn1nc(C(=O)N[C@H]2CC3(C2)C[C@H](c2nn(C(C4CC4)C4CC4)c(=O)c4ccccc42)C3)c2ccccc21. The van der Waals surface area contributed by atoms with Gasteiger partial charge in [0.2, 0.25) is 0 Å². The smallest absolute Gasteiger partial charge is 0.274 e. The Morgan fingerprint density at radius 3 is 2.21 bits per heavy atom. The van der Waals surface area contributed by atoms with Gasteiger partial charge in [-0.25, -0.2) is 4.68 Å². The van der Waals surface area contributed by atoms with E-state index < -0.39 is 0 Å². The van der Waals surface area contributed by atoms with E-state index in [-0.39, 0.29) is 29.0 Å². The van der Waals surface area contributed by atoms with Gasteiger partial charge < -0.3 is 5.32 Å². The predicted molar refractivity (Wildman–Crippen MR) is 146 cm³/mol. The zero-order chi connectivity index (χ0) is 25.6. The highest BCUT2D eigenvalue weighted by Crippen LogP contribution is 2.62. The topological polar surface area (TPSA) is 81.8 Å². The second-order valence-electron chi connectivity index (χ2n) is 12.5. The molecule has 38 heavy (non-hydrogen) atoms. The van der Waals surface area contributed by atoms with Crippen molar-refractivity contribution in [2.24, 2.45) is 24.3 Å². The predicted octanol–water partition coefficient (Wildman–Crippen LogP) is 5.10. The van der Waals surface area contributed by atoms with Crippen LogP contribution in [0.15, 0.2) is 53.3 Å². The Morgan fingerprint density at radius 1 is 0.895 bits per heavy atom. The normalized spacial score (nSPS) is 26.6. The molecule has 8 rings (SSSR count). The van der Waals surface area contributed by atoms with E-state index >= 15 is 0 Å². The Bertz CT molecular complexity index is 1630. The van der Waals surface area contributed by atoms with E-state index in [0.717, 1.165) is 53.1 Å². The Labute approximate surface area is 221 Å². The van der Waals surface area contributed by atoms with E-state index in [0.29, 0.717) is 23.4 Å². The highest BCUT2D eigenvalue weighted by atomic mass is 16.2. The van der Waals surface area contributed by atoms with Crippen LogP contribution in [0.4, 0.5) is 0 Å². The van der Waals surface area contributed by atoms with E-state index in [1.165, 1.54) is 25.7 Å². The maximum Gasteiger partial charge on any atom is 0.274 e. The van der Waals surface area contributed by atoms with Crippen LogP contribution in [0.5, 0.6) is 0 Å². The van der Waals surface area contributed by atoms with Crippen LogP contribution in [-0.4, -0.2) is 31.5 Å². The molecule has 0 unspecified atom stereocenters. The molecule has 7 nitrogen and oxygen atoms in total. The number of benzene rings is 2. The van der Waals surface area contributed by atoms with Crippen LogP contribution >= 0.6 is 0 Å². The fraction of sp³-hybridized carbons (Fsp3) is 0.484. The van der Waals surface area contributed by atoms with Gasteiger partial charge in [0.05, 0.1) is 22.6 Å². The van der Waals surface area contributed by atoms with Crippen LogP contribution in [0.25, 0.3) is 21.7 Å². The van der Waals surface area contributed by atoms with Crippen molar-refractivity contribution in [2.45, 2.75) is 69.4 Å². The molecule has 2 heterocycles. The molecule has 0 atom stereocenters. The van der Waals surface area contributed by atoms with Crippen molar-refractivity contribution >= 4 is 27.6 Å². The summed E-state index contributed by atoms with van der Waals surface area (Å²) in [6.45, 7) is 0. The average molecular weight is 508 g/mol. The third kappa shape index (κ3) is 3.47. The van der Waals surface area contributed by atoms with Crippen molar-refractivity contribution in [3.05, 3.63) is 70.3 Å². The molecule has 0 aliphatic heterocycles. The monoisotopic (exact) mass is 507 g/mol. The van der Waals surface area contributed by atoms with E-state index in [1.807, 2.05) is 54.2 Å². The Balaban J connectivity index is 1.00. The summed E-state index contributed by atoms with van der Waals surface area (Å²) < 4.78 is 3.68. The molecule has 4 saturated carbocycles. The molecule has 0 radical (unpaired) electrons. The molecule has 0 bridgehead atoms. The highest BCUT2D eigenvalue weighted by Gasteiger charge is 2.54. The molecular formula is C31H33N5O2. The van der Waals surface area contributed by atoms with Crippen LogP contribution in [0.3, 0.4) is 0 Å². The Hall–Kier alpha value is -3.48. The molecular weight excluding hydrogens is 474 g/mol. The molecule has 1 N–H and O–H groups in total. The third-order valence-electron chi connectivity index (χ3n) is 9.76. The fourth-order valence-electron chi connectivity index (χ4n) is 7.63. The lowest BCUT2D eigenvalue weighted by molar-refractivity contribution is -0.0200. The lowest BCUT2D eigenvalue weighted by atomic mass is 9.49. The van der Waals surface area contributed by atoms with Gasteiger partial charge in [-0.15, -0.1) is 0 Å². The van der Waals surface area contributed by atoms with Crippen molar-refractivity contribution < 1.29 is 4.79 Å². The molecule has 7 heteroatoms. The first kappa shape index (κ1) is 22.5. The van der Waals surface area contributed by atoms with Crippen molar-refractivity contribution in [1.82, 2.24) is 24.9 Å². The zero-order valence-electron chi connectivity index (χ0n) is 21.8. The maximum absolute atomic E-state index is 13.5. The van der Waals surface area contributed by atoms with E-state index in [9.17, 15) is 9.59 Å². The number of aromatic nitrogens is 4. The summed E-state index contributed by atoms with van der Waals surface area (Å²) in [5.74, 6) is 1.55. The van der Waals surface area contributed by atoms with Crippen LogP contribution in [-0.2, 0) is 7.05 Å².